The number of hydrogen-bond donors (Lipinski definition) is 1. The molecular formula is C21H27N5O5. The van der Waals surface area contributed by atoms with Crippen molar-refractivity contribution in [3.63, 3.8) is 0 Å². The van der Waals surface area contributed by atoms with E-state index in [2.05, 4.69) is 4.98 Å². The maximum Gasteiger partial charge on any atom is 0.407 e. The number of amides is 2. The van der Waals surface area contributed by atoms with E-state index in [1.165, 1.54) is 27.9 Å². The van der Waals surface area contributed by atoms with Crippen LogP contribution in [0, 0.1) is 15.5 Å². The van der Waals surface area contributed by atoms with Crippen molar-refractivity contribution in [3.05, 3.63) is 46.9 Å². The summed E-state index contributed by atoms with van der Waals surface area (Å²) in [5.41, 5.74) is 0.698. The van der Waals surface area contributed by atoms with E-state index in [0.29, 0.717) is 30.6 Å². The molecule has 0 bridgehead atoms. The van der Waals surface area contributed by atoms with Crippen molar-refractivity contribution in [2.45, 2.75) is 45.7 Å². The molecule has 1 aromatic carbocycles. The third-order valence-corrected chi connectivity index (χ3v) is 5.83. The van der Waals surface area contributed by atoms with Crippen molar-refractivity contribution in [2.24, 2.45) is 5.41 Å². The van der Waals surface area contributed by atoms with Crippen LogP contribution in [0.25, 0.3) is 11.3 Å². The molecule has 1 N–H and O–H groups in total. The lowest BCUT2D eigenvalue weighted by molar-refractivity contribution is -0.384. The molecule has 0 radical (unpaired) electrons. The molecule has 10 nitrogen and oxygen atoms in total. The van der Waals surface area contributed by atoms with Crippen molar-refractivity contribution >= 4 is 17.8 Å². The smallest absolute Gasteiger partial charge is 0.407 e. The first-order valence-electron chi connectivity index (χ1n) is 10.0. The standard InChI is InChI=1S/C21H27N5O5/c1-21(2,3)18-11-15(8-9-25(18)20(28)29)23(4)19(27)24-12-17(22-13-24)14-6-5-7-16(10-14)26(30)31/h5-7,10,12-13,15,18H,8-9,11H2,1-4H3,(H,28,29). The van der Waals surface area contributed by atoms with Gasteiger partial charge in [-0.05, 0) is 18.3 Å². The average Bonchev–Trinajstić information content (AvgIpc) is 3.22. The van der Waals surface area contributed by atoms with Gasteiger partial charge in [-0.15, -0.1) is 0 Å². The minimum Gasteiger partial charge on any atom is -0.465 e. The monoisotopic (exact) mass is 429 g/mol. The fourth-order valence-electron chi connectivity index (χ4n) is 4.04. The third-order valence-electron chi connectivity index (χ3n) is 5.83. The van der Waals surface area contributed by atoms with Crippen LogP contribution < -0.4 is 0 Å². The highest BCUT2D eigenvalue weighted by Gasteiger charge is 2.40. The van der Waals surface area contributed by atoms with Crippen LogP contribution >= 0.6 is 0 Å². The Labute approximate surface area is 180 Å². The predicted molar refractivity (Wildman–Crippen MR) is 114 cm³/mol. The van der Waals surface area contributed by atoms with Gasteiger partial charge in [0, 0.05) is 49.6 Å². The lowest BCUT2D eigenvalue weighted by Gasteiger charge is -2.46. The number of nitrogens with zero attached hydrogens (tertiary/aromatic N) is 5. The van der Waals surface area contributed by atoms with Gasteiger partial charge >= 0.3 is 12.1 Å². The Morgan fingerprint density at radius 1 is 1.32 bits per heavy atom. The number of carbonyl (C=O) groups is 2. The number of non-ortho nitro benzene ring substituents is 1. The number of piperidine rings is 1. The van der Waals surface area contributed by atoms with E-state index < -0.39 is 11.0 Å². The van der Waals surface area contributed by atoms with Crippen LogP contribution in [0.5, 0.6) is 0 Å². The molecule has 0 aliphatic carbocycles. The van der Waals surface area contributed by atoms with Crippen LogP contribution in [-0.2, 0) is 0 Å². The Morgan fingerprint density at radius 2 is 2.03 bits per heavy atom. The summed E-state index contributed by atoms with van der Waals surface area (Å²) >= 11 is 0. The number of nitro benzene ring substituents is 1. The average molecular weight is 429 g/mol. The zero-order valence-corrected chi connectivity index (χ0v) is 18.1. The molecule has 2 aromatic rings. The molecule has 2 atom stereocenters. The normalized spacial score (nSPS) is 19.2. The van der Waals surface area contributed by atoms with Gasteiger partial charge in [-0.3, -0.25) is 14.7 Å². The van der Waals surface area contributed by atoms with Gasteiger partial charge in [-0.1, -0.05) is 32.9 Å². The van der Waals surface area contributed by atoms with Crippen LogP contribution in [-0.4, -0.2) is 67.2 Å². The molecule has 3 rings (SSSR count). The van der Waals surface area contributed by atoms with Gasteiger partial charge in [0.05, 0.1) is 10.6 Å². The van der Waals surface area contributed by atoms with Gasteiger partial charge in [0.2, 0.25) is 0 Å². The molecule has 2 unspecified atom stereocenters. The van der Waals surface area contributed by atoms with Crippen LogP contribution in [0.1, 0.15) is 33.6 Å². The zero-order chi connectivity index (χ0) is 22.9. The molecule has 10 heteroatoms. The molecule has 0 saturated carbocycles. The SMILES string of the molecule is CN(C(=O)n1cnc(-c2cccc([N+](=O)[O-])c2)c1)C1CCN(C(=O)O)C(C(C)(C)C)C1. The maximum absolute atomic E-state index is 13.0. The summed E-state index contributed by atoms with van der Waals surface area (Å²) in [6, 6.07) is 5.47. The number of benzene rings is 1. The lowest BCUT2D eigenvalue weighted by Crippen LogP contribution is -2.56. The number of rotatable bonds is 3. The highest BCUT2D eigenvalue weighted by Crippen LogP contribution is 2.34. The molecule has 2 amide bonds. The van der Waals surface area contributed by atoms with Gasteiger partial charge in [0.1, 0.15) is 6.33 Å². The minimum absolute atomic E-state index is 0.0473. The molecule has 1 saturated heterocycles. The van der Waals surface area contributed by atoms with Crippen LogP contribution in [0.4, 0.5) is 15.3 Å². The quantitative estimate of drug-likeness (QED) is 0.583. The number of hydrogen-bond acceptors (Lipinski definition) is 5. The Kier molecular flexibility index (Phi) is 6.01. The van der Waals surface area contributed by atoms with Crippen molar-refractivity contribution in [3.8, 4) is 11.3 Å². The van der Waals surface area contributed by atoms with Gasteiger partial charge in [-0.25, -0.2) is 14.6 Å². The van der Waals surface area contributed by atoms with Crippen LogP contribution in [0.3, 0.4) is 0 Å². The summed E-state index contributed by atoms with van der Waals surface area (Å²) in [6.07, 6.45) is 3.09. The van der Waals surface area contributed by atoms with E-state index in [0.717, 1.165) is 0 Å². The van der Waals surface area contributed by atoms with Gasteiger partial charge in [0.25, 0.3) is 5.69 Å². The van der Waals surface area contributed by atoms with Gasteiger partial charge < -0.3 is 14.9 Å². The summed E-state index contributed by atoms with van der Waals surface area (Å²) in [5, 5.41) is 20.5. The zero-order valence-electron chi connectivity index (χ0n) is 18.1. The summed E-state index contributed by atoms with van der Waals surface area (Å²) < 4.78 is 1.35. The molecular weight excluding hydrogens is 402 g/mol. The summed E-state index contributed by atoms with van der Waals surface area (Å²) in [4.78, 5) is 42.5. The summed E-state index contributed by atoms with van der Waals surface area (Å²) in [6.45, 7) is 6.36. The molecule has 1 aliphatic heterocycles. The van der Waals surface area contributed by atoms with E-state index in [-0.39, 0.29) is 29.2 Å². The predicted octanol–water partition coefficient (Wildman–Crippen LogP) is 3.92. The molecule has 2 heterocycles. The lowest BCUT2D eigenvalue weighted by atomic mass is 9.79. The Balaban J connectivity index is 1.77. The summed E-state index contributed by atoms with van der Waals surface area (Å²) in [7, 11) is 1.70. The van der Waals surface area contributed by atoms with E-state index in [4.69, 9.17) is 0 Å². The third kappa shape index (κ3) is 4.68. The maximum atomic E-state index is 13.0. The summed E-state index contributed by atoms with van der Waals surface area (Å²) in [5.74, 6) is 0. The number of carboxylic acid groups (broad SMARTS) is 1. The first-order chi connectivity index (χ1) is 14.5. The van der Waals surface area contributed by atoms with Crippen LogP contribution in [0.15, 0.2) is 36.8 Å². The second-order valence-corrected chi connectivity index (χ2v) is 8.90. The molecule has 1 fully saturated rings. The molecule has 166 valence electrons. The highest BCUT2D eigenvalue weighted by molar-refractivity contribution is 5.78. The largest absolute Gasteiger partial charge is 0.465 e. The highest BCUT2D eigenvalue weighted by atomic mass is 16.6. The van der Waals surface area contributed by atoms with Gasteiger partial charge in [-0.2, -0.15) is 0 Å². The van der Waals surface area contributed by atoms with Crippen molar-refractivity contribution in [1.29, 1.82) is 0 Å². The number of aromatic nitrogens is 2. The second kappa shape index (κ2) is 8.37. The number of imidazole rings is 1. The molecule has 1 aromatic heterocycles. The Bertz CT molecular complexity index is 996. The van der Waals surface area contributed by atoms with Crippen molar-refractivity contribution in [2.75, 3.05) is 13.6 Å². The first kappa shape index (κ1) is 22.3. The van der Waals surface area contributed by atoms with E-state index in [1.54, 1.807) is 30.3 Å². The number of likely N-dealkylation sites (tertiary alicyclic amines) is 1. The van der Waals surface area contributed by atoms with Gasteiger partial charge in [0.15, 0.2) is 0 Å². The fraction of sp³-hybridized carbons (Fsp3) is 0.476. The molecule has 0 spiro atoms. The minimum atomic E-state index is -0.941. The topological polar surface area (TPSA) is 122 Å². The number of carbonyl (C=O) groups excluding carboxylic acids is 1. The number of nitro groups is 1. The fourth-order valence-corrected chi connectivity index (χ4v) is 4.04. The van der Waals surface area contributed by atoms with Crippen LogP contribution in [0.2, 0.25) is 0 Å². The van der Waals surface area contributed by atoms with E-state index >= 15 is 0 Å². The Hall–Kier alpha value is -3.43. The second-order valence-electron chi connectivity index (χ2n) is 8.90. The first-order valence-corrected chi connectivity index (χ1v) is 10.0. The Morgan fingerprint density at radius 3 is 2.65 bits per heavy atom. The van der Waals surface area contributed by atoms with E-state index in [9.17, 15) is 24.8 Å². The molecule has 1 aliphatic rings. The van der Waals surface area contributed by atoms with Crippen molar-refractivity contribution < 1.29 is 19.6 Å². The molecule has 31 heavy (non-hydrogen) atoms. The van der Waals surface area contributed by atoms with E-state index in [1.807, 2.05) is 20.8 Å². The van der Waals surface area contributed by atoms with Crippen molar-refractivity contribution in [1.82, 2.24) is 19.4 Å².